The Hall–Kier alpha value is -2.84. The van der Waals surface area contributed by atoms with Crippen molar-refractivity contribution in [1.82, 2.24) is 20.1 Å². The number of methoxy groups -OCH3 is 1. The molecular formula is C24H30N4O3S. The summed E-state index contributed by atoms with van der Waals surface area (Å²) in [5, 5.41) is 12.3. The maximum absolute atomic E-state index is 12.2. The van der Waals surface area contributed by atoms with Crippen LogP contribution < -0.4 is 10.1 Å². The molecule has 3 aromatic rings. The van der Waals surface area contributed by atoms with Crippen LogP contribution in [-0.2, 0) is 22.7 Å². The largest absolute Gasteiger partial charge is 0.485 e. The number of hydrogen-bond acceptors (Lipinski definition) is 6. The Balaban J connectivity index is 1.71. The van der Waals surface area contributed by atoms with Crippen molar-refractivity contribution in [3.8, 4) is 16.9 Å². The van der Waals surface area contributed by atoms with Crippen LogP contribution in [0.3, 0.4) is 0 Å². The van der Waals surface area contributed by atoms with Gasteiger partial charge in [0.05, 0.1) is 12.4 Å². The van der Waals surface area contributed by atoms with Crippen molar-refractivity contribution in [3.05, 3.63) is 60.4 Å². The maximum Gasteiger partial charge on any atom is 0.230 e. The third kappa shape index (κ3) is 6.58. The Labute approximate surface area is 193 Å². The summed E-state index contributed by atoms with van der Waals surface area (Å²) in [6.45, 7) is 5.39. The average Bonchev–Trinajstić information content (AvgIpc) is 3.22. The van der Waals surface area contributed by atoms with Crippen LogP contribution in [0.15, 0.2) is 59.8 Å². The highest BCUT2D eigenvalue weighted by molar-refractivity contribution is 7.99. The number of aromatic nitrogens is 3. The number of carbonyl (C=O) groups is 1. The van der Waals surface area contributed by atoms with Gasteiger partial charge in [-0.25, -0.2) is 0 Å². The van der Waals surface area contributed by atoms with E-state index in [1.807, 2.05) is 60.9 Å². The summed E-state index contributed by atoms with van der Waals surface area (Å²) in [6, 6.07) is 18.2. The fourth-order valence-corrected chi connectivity index (χ4v) is 3.87. The SMILES string of the molecule is CCC(C)NC(=O)CSc1nnc(COc2ccccc2-c2ccccc2)n1CCOC. The van der Waals surface area contributed by atoms with E-state index in [0.717, 1.165) is 23.3 Å². The van der Waals surface area contributed by atoms with Crippen LogP contribution in [0.2, 0.25) is 0 Å². The van der Waals surface area contributed by atoms with Gasteiger partial charge in [-0.2, -0.15) is 0 Å². The van der Waals surface area contributed by atoms with Crippen LogP contribution in [0.5, 0.6) is 5.75 Å². The molecule has 1 aromatic heterocycles. The Morgan fingerprint density at radius 1 is 1.12 bits per heavy atom. The van der Waals surface area contributed by atoms with Crippen molar-refractivity contribution in [2.24, 2.45) is 0 Å². The molecule has 0 saturated carbocycles. The second-order valence-corrected chi connectivity index (χ2v) is 8.30. The summed E-state index contributed by atoms with van der Waals surface area (Å²) in [7, 11) is 1.66. The van der Waals surface area contributed by atoms with Crippen LogP contribution in [0.4, 0.5) is 0 Å². The summed E-state index contributed by atoms with van der Waals surface area (Å²) in [5.41, 5.74) is 2.11. The van der Waals surface area contributed by atoms with Crippen LogP contribution >= 0.6 is 11.8 Å². The molecule has 1 heterocycles. The number of nitrogens with one attached hydrogen (secondary N) is 1. The molecule has 32 heavy (non-hydrogen) atoms. The van der Waals surface area contributed by atoms with E-state index in [2.05, 4.69) is 27.6 Å². The molecule has 0 bridgehead atoms. The number of ether oxygens (including phenoxy) is 2. The van der Waals surface area contributed by atoms with E-state index in [4.69, 9.17) is 9.47 Å². The molecule has 7 nitrogen and oxygen atoms in total. The summed E-state index contributed by atoms with van der Waals surface area (Å²) >= 11 is 1.37. The zero-order chi connectivity index (χ0) is 22.8. The fourth-order valence-electron chi connectivity index (χ4n) is 3.08. The van der Waals surface area contributed by atoms with Gasteiger partial charge in [0.25, 0.3) is 0 Å². The zero-order valence-electron chi connectivity index (χ0n) is 18.8. The lowest BCUT2D eigenvalue weighted by molar-refractivity contribution is -0.119. The summed E-state index contributed by atoms with van der Waals surface area (Å²) in [6.07, 6.45) is 0.895. The first-order valence-electron chi connectivity index (χ1n) is 10.7. The number of nitrogens with zero attached hydrogens (tertiary/aromatic N) is 3. The molecule has 1 N–H and O–H groups in total. The molecule has 1 unspecified atom stereocenters. The van der Waals surface area contributed by atoms with Crippen molar-refractivity contribution in [2.75, 3.05) is 19.5 Å². The highest BCUT2D eigenvalue weighted by atomic mass is 32.2. The zero-order valence-corrected chi connectivity index (χ0v) is 19.6. The lowest BCUT2D eigenvalue weighted by Crippen LogP contribution is -2.33. The van der Waals surface area contributed by atoms with E-state index in [1.165, 1.54) is 11.8 Å². The number of benzene rings is 2. The third-order valence-electron chi connectivity index (χ3n) is 4.99. The van der Waals surface area contributed by atoms with Crippen molar-refractivity contribution in [1.29, 1.82) is 0 Å². The Morgan fingerprint density at radius 2 is 1.88 bits per heavy atom. The standard InChI is InChI=1S/C24H30N4O3S/c1-4-18(2)25-23(29)17-32-24-27-26-22(28(24)14-15-30-3)16-31-21-13-9-8-12-20(21)19-10-6-5-7-11-19/h5-13,18H,4,14-17H2,1-3H3,(H,25,29). The maximum atomic E-state index is 12.2. The second-order valence-electron chi connectivity index (χ2n) is 7.36. The first-order valence-corrected chi connectivity index (χ1v) is 11.7. The number of hydrogen-bond donors (Lipinski definition) is 1. The smallest absolute Gasteiger partial charge is 0.230 e. The molecule has 2 aromatic carbocycles. The summed E-state index contributed by atoms with van der Waals surface area (Å²) < 4.78 is 13.4. The van der Waals surface area contributed by atoms with Gasteiger partial charge < -0.3 is 19.4 Å². The fraction of sp³-hybridized carbons (Fsp3) is 0.375. The highest BCUT2D eigenvalue weighted by Gasteiger charge is 2.16. The molecule has 0 aliphatic carbocycles. The van der Waals surface area contributed by atoms with Crippen molar-refractivity contribution >= 4 is 17.7 Å². The third-order valence-corrected chi connectivity index (χ3v) is 5.96. The number of carbonyl (C=O) groups excluding carboxylic acids is 1. The molecule has 1 atom stereocenters. The molecule has 0 radical (unpaired) electrons. The molecular weight excluding hydrogens is 424 g/mol. The molecule has 0 fully saturated rings. The normalized spacial score (nSPS) is 11.8. The van der Waals surface area contributed by atoms with Gasteiger partial charge in [-0.05, 0) is 25.0 Å². The Bertz CT molecular complexity index is 994. The molecule has 0 aliphatic rings. The molecule has 1 amide bonds. The van der Waals surface area contributed by atoms with Crippen molar-refractivity contribution < 1.29 is 14.3 Å². The van der Waals surface area contributed by atoms with E-state index in [1.54, 1.807) is 7.11 Å². The van der Waals surface area contributed by atoms with Crippen LogP contribution in [0.25, 0.3) is 11.1 Å². The Kier molecular flexibility index (Phi) is 9.13. The predicted molar refractivity (Wildman–Crippen MR) is 127 cm³/mol. The number of para-hydroxylation sites is 1. The first-order chi connectivity index (χ1) is 15.6. The van der Waals surface area contributed by atoms with Crippen LogP contribution in [0.1, 0.15) is 26.1 Å². The topological polar surface area (TPSA) is 78.3 Å². The number of thioether (sulfide) groups is 1. The van der Waals surface area contributed by atoms with Gasteiger partial charge in [0.2, 0.25) is 5.91 Å². The van der Waals surface area contributed by atoms with Gasteiger partial charge in [0.1, 0.15) is 12.4 Å². The van der Waals surface area contributed by atoms with Crippen molar-refractivity contribution in [2.45, 2.75) is 44.6 Å². The lowest BCUT2D eigenvalue weighted by atomic mass is 10.1. The van der Waals surface area contributed by atoms with E-state index in [0.29, 0.717) is 24.1 Å². The average molecular weight is 455 g/mol. The molecule has 170 valence electrons. The first kappa shape index (κ1) is 23.8. The van der Waals surface area contributed by atoms with Crippen LogP contribution in [-0.4, -0.2) is 46.2 Å². The molecule has 0 spiro atoms. The molecule has 0 aliphatic heterocycles. The molecule has 3 rings (SSSR count). The predicted octanol–water partition coefficient (Wildman–Crippen LogP) is 4.18. The minimum atomic E-state index is -0.0137. The minimum absolute atomic E-state index is 0.0137. The van der Waals surface area contributed by atoms with Gasteiger partial charge in [0.15, 0.2) is 11.0 Å². The van der Waals surface area contributed by atoms with E-state index < -0.39 is 0 Å². The Morgan fingerprint density at radius 3 is 2.62 bits per heavy atom. The van der Waals surface area contributed by atoms with Gasteiger partial charge in [0, 0.05) is 25.3 Å². The van der Waals surface area contributed by atoms with E-state index in [9.17, 15) is 4.79 Å². The summed E-state index contributed by atoms with van der Waals surface area (Å²) in [5.74, 6) is 1.74. The number of amides is 1. The van der Waals surface area contributed by atoms with Crippen molar-refractivity contribution in [3.63, 3.8) is 0 Å². The molecule has 8 heteroatoms. The molecule has 0 saturated heterocycles. The van der Waals surface area contributed by atoms with E-state index in [-0.39, 0.29) is 24.3 Å². The van der Waals surface area contributed by atoms with Gasteiger partial charge in [-0.1, -0.05) is 67.2 Å². The van der Waals surface area contributed by atoms with Gasteiger partial charge in [-0.15, -0.1) is 10.2 Å². The minimum Gasteiger partial charge on any atom is -0.485 e. The lowest BCUT2D eigenvalue weighted by Gasteiger charge is -2.13. The van der Waals surface area contributed by atoms with E-state index >= 15 is 0 Å². The number of rotatable bonds is 12. The second kappa shape index (κ2) is 12.3. The van der Waals surface area contributed by atoms with Gasteiger partial charge >= 0.3 is 0 Å². The van der Waals surface area contributed by atoms with Gasteiger partial charge in [-0.3, -0.25) is 4.79 Å². The summed E-state index contributed by atoms with van der Waals surface area (Å²) in [4.78, 5) is 12.2. The highest BCUT2D eigenvalue weighted by Crippen LogP contribution is 2.30. The quantitative estimate of drug-likeness (QED) is 0.414. The van der Waals surface area contributed by atoms with Crippen LogP contribution in [0, 0.1) is 0 Å². The monoisotopic (exact) mass is 454 g/mol.